The second-order valence-electron chi connectivity index (χ2n) is 3.46. The molecule has 2 rings (SSSR count). The molecule has 72 valence electrons. The van der Waals surface area contributed by atoms with Crippen LogP contribution in [0.5, 0.6) is 0 Å². The lowest BCUT2D eigenvalue weighted by Crippen LogP contribution is -2.28. The summed E-state index contributed by atoms with van der Waals surface area (Å²) in [5, 5.41) is 0. The SMILES string of the molecule is CC(C1CCCO1)n1cc[nH]c1=O. The molecular weight excluding hydrogens is 168 g/mol. The second-order valence-corrected chi connectivity index (χ2v) is 3.46. The molecule has 13 heavy (non-hydrogen) atoms. The van der Waals surface area contributed by atoms with Gasteiger partial charge in [0.05, 0.1) is 12.1 Å². The minimum absolute atomic E-state index is 0.0528. The Morgan fingerprint density at radius 1 is 1.77 bits per heavy atom. The molecule has 0 aliphatic carbocycles. The molecule has 1 saturated heterocycles. The monoisotopic (exact) mass is 182 g/mol. The summed E-state index contributed by atoms with van der Waals surface area (Å²) in [4.78, 5) is 13.9. The predicted octanol–water partition coefficient (Wildman–Crippen LogP) is 0.916. The maximum absolute atomic E-state index is 11.3. The first kappa shape index (κ1) is 8.56. The van der Waals surface area contributed by atoms with Crippen molar-refractivity contribution >= 4 is 0 Å². The lowest BCUT2D eigenvalue weighted by Gasteiger charge is -2.18. The summed E-state index contributed by atoms with van der Waals surface area (Å²) < 4.78 is 7.21. The highest BCUT2D eigenvalue weighted by molar-refractivity contribution is 4.84. The number of ether oxygens (including phenoxy) is 1. The Kier molecular flexibility index (Phi) is 2.22. The number of hydrogen-bond donors (Lipinski definition) is 1. The number of H-pyrrole nitrogens is 1. The van der Waals surface area contributed by atoms with Crippen molar-refractivity contribution in [3.05, 3.63) is 22.9 Å². The van der Waals surface area contributed by atoms with E-state index in [1.807, 2.05) is 6.92 Å². The molecule has 1 aliphatic rings. The summed E-state index contributed by atoms with van der Waals surface area (Å²) >= 11 is 0. The molecule has 0 aromatic carbocycles. The van der Waals surface area contributed by atoms with Crippen LogP contribution in [0.4, 0.5) is 0 Å². The van der Waals surface area contributed by atoms with Crippen LogP contribution in [0.1, 0.15) is 25.8 Å². The zero-order chi connectivity index (χ0) is 9.26. The summed E-state index contributed by atoms with van der Waals surface area (Å²) in [5.74, 6) is 0. The normalized spacial score (nSPS) is 24.8. The molecule has 0 radical (unpaired) electrons. The number of nitrogens with zero attached hydrogens (tertiary/aromatic N) is 1. The summed E-state index contributed by atoms with van der Waals surface area (Å²) in [6.45, 7) is 2.85. The fourth-order valence-electron chi connectivity index (χ4n) is 1.81. The maximum Gasteiger partial charge on any atom is 0.325 e. The highest BCUT2D eigenvalue weighted by Gasteiger charge is 2.24. The number of rotatable bonds is 2. The average Bonchev–Trinajstić information content (AvgIpc) is 2.72. The Bertz CT molecular complexity index is 322. The molecule has 4 heteroatoms. The summed E-state index contributed by atoms with van der Waals surface area (Å²) in [7, 11) is 0. The van der Waals surface area contributed by atoms with E-state index in [0.29, 0.717) is 0 Å². The number of aromatic amines is 1. The molecule has 0 spiro atoms. The Balaban J connectivity index is 2.16. The van der Waals surface area contributed by atoms with Crippen molar-refractivity contribution in [2.45, 2.75) is 31.9 Å². The van der Waals surface area contributed by atoms with E-state index >= 15 is 0 Å². The fourth-order valence-corrected chi connectivity index (χ4v) is 1.81. The molecule has 2 heterocycles. The van der Waals surface area contributed by atoms with Crippen LogP contribution in [0.2, 0.25) is 0 Å². The van der Waals surface area contributed by atoms with Crippen LogP contribution < -0.4 is 5.69 Å². The van der Waals surface area contributed by atoms with Crippen molar-refractivity contribution in [3.8, 4) is 0 Å². The van der Waals surface area contributed by atoms with Crippen LogP contribution in [0.25, 0.3) is 0 Å². The molecule has 0 bridgehead atoms. The van der Waals surface area contributed by atoms with Crippen LogP contribution in [-0.4, -0.2) is 22.3 Å². The lowest BCUT2D eigenvalue weighted by molar-refractivity contribution is 0.0722. The number of imidazole rings is 1. The van der Waals surface area contributed by atoms with Crippen LogP contribution in [0.15, 0.2) is 17.2 Å². The van der Waals surface area contributed by atoms with Crippen LogP contribution in [-0.2, 0) is 4.74 Å². The van der Waals surface area contributed by atoms with E-state index in [1.54, 1.807) is 17.0 Å². The largest absolute Gasteiger partial charge is 0.376 e. The third-order valence-electron chi connectivity index (χ3n) is 2.62. The van der Waals surface area contributed by atoms with E-state index in [1.165, 1.54) is 0 Å². The van der Waals surface area contributed by atoms with Gasteiger partial charge in [-0.3, -0.25) is 4.57 Å². The van der Waals surface area contributed by atoms with E-state index < -0.39 is 0 Å². The Hall–Kier alpha value is -1.03. The minimum Gasteiger partial charge on any atom is -0.376 e. The first-order valence-electron chi connectivity index (χ1n) is 4.66. The first-order valence-corrected chi connectivity index (χ1v) is 4.66. The van der Waals surface area contributed by atoms with Crippen LogP contribution in [0, 0.1) is 0 Å². The summed E-state index contributed by atoms with van der Waals surface area (Å²) in [6, 6.07) is 0.140. The van der Waals surface area contributed by atoms with Crippen molar-refractivity contribution < 1.29 is 4.74 Å². The van der Waals surface area contributed by atoms with Gasteiger partial charge < -0.3 is 9.72 Å². The Labute approximate surface area is 76.5 Å². The molecule has 2 unspecified atom stereocenters. The van der Waals surface area contributed by atoms with E-state index in [4.69, 9.17) is 4.74 Å². The Morgan fingerprint density at radius 2 is 2.62 bits per heavy atom. The van der Waals surface area contributed by atoms with Crippen molar-refractivity contribution in [1.29, 1.82) is 0 Å². The zero-order valence-electron chi connectivity index (χ0n) is 7.69. The van der Waals surface area contributed by atoms with Gasteiger partial charge >= 0.3 is 5.69 Å². The number of hydrogen-bond acceptors (Lipinski definition) is 2. The van der Waals surface area contributed by atoms with Gasteiger partial charge in [0, 0.05) is 19.0 Å². The van der Waals surface area contributed by atoms with Gasteiger partial charge in [0.1, 0.15) is 0 Å². The van der Waals surface area contributed by atoms with Gasteiger partial charge in [0.25, 0.3) is 0 Å². The third-order valence-corrected chi connectivity index (χ3v) is 2.62. The molecule has 1 aromatic rings. The molecular formula is C9H14N2O2. The molecule has 1 fully saturated rings. The molecule has 1 aromatic heterocycles. The van der Waals surface area contributed by atoms with Crippen molar-refractivity contribution in [2.75, 3.05) is 6.61 Å². The third kappa shape index (κ3) is 1.54. The van der Waals surface area contributed by atoms with Gasteiger partial charge in [-0.25, -0.2) is 4.79 Å². The maximum atomic E-state index is 11.3. The molecule has 0 amide bonds. The minimum atomic E-state index is -0.0528. The van der Waals surface area contributed by atoms with Crippen molar-refractivity contribution in [3.63, 3.8) is 0 Å². The lowest BCUT2D eigenvalue weighted by atomic mass is 10.1. The summed E-state index contributed by atoms with van der Waals surface area (Å²) in [5.41, 5.74) is -0.0528. The summed E-state index contributed by atoms with van der Waals surface area (Å²) in [6.07, 6.45) is 5.80. The topological polar surface area (TPSA) is 47.0 Å². The standard InChI is InChI=1S/C9H14N2O2/c1-7(8-3-2-6-13-8)11-5-4-10-9(11)12/h4-5,7-8H,2-3,6H2,1H3,(H,10,12). The first-order chi connectivity index (χ1) is 6.29. The molecule has 4 nitrogen and oxygen atoms in total. The van der Waals surface area contributed by atoms with Gasteiger partial charge in [0.2, 0.25) is 0 Å². The fraction of sp³-hybridized carbons (Fsp3) is 0.667. The molecule has 1 aliphatic heterocycles. The molecule has 0 saturated carbocycles. The van der Waals surface area contributed by atoms with Gasteiger partial charge in [-0.1, -0.05) is 0 Å². The quantitative estimate of drug-likeness (QED) is 0.739. The molecule has 2 atom stereocenters. The van der Waals surface area contributed by atoms with E-state index in [9.17, 15) is 4.79 Å². The van der Waals surface area contributed by atoms with Gasteiger partial charge in [-0.05, 0) is 19.8 Å². The van der Waals surface area contributed by atoms with Gasteiger partial charge in [-0.15, -0.1) is 0 Å². The highest BCUT2D eigenvalue weighted by atomic mass is 16.5. The smallest absolute Gasteiger partial charge is 0.325 e. The van der Waals surface area contributed by atoms with Gasteiger partial charge in [0.15, 0.2) is 0 Å². The zero-order valence-corrected chi connectivity index (χ0v) is 7.69. The molecule has 1 N–H and O–H groups in total. The van der Waals surface area contributed by atoms with E-state index in [0.717, 1.165) is 19.4 Å². The van der Waals surface area contributed by atoms with Crippen LogP contribution in [0.3, 0.4) is 0 Å². The van der Waals surface area contributed by atoms with E-state index in [2.05, 4.69) is 4.98 Å². The van der Waals surface area contributed by atoms with Crippen LogP contribution >= 0.6 is 0 Å². The van der Waals surface area contributed by atoms with Gasteiger partial charge in [-0.2, -0.15) is 0 Å². The Morgan fingerprint density at radius 3 is 3.15 bits per heavy atom. The number of nitrogens with one attached hydrogen (secondary N) is 1. The average molecular weight is 182 g/mol. The number of aromatic nitrogens is 2. The van der Waals surface area contributed by atoms with E-state index in [-0.39, 0.29) is 17.8 Å². The highest BCUT2D eigenvalue weighted by Crippen LogP contribution is 2.22. The van der Waals surface area contributed by atoms with Crippen molar-refractivity contribution in [2.24, 2.45) is 0 Å². The van der Waals surface area contributed by atoms with Crippen molar-refractivity contribution in [1.82, 2.24) is 9.55 Å². The predicted molar refractivity (Wildman–Crippen MR) is 48.7 cm³/mol. The second kappa shape index (κ2) is 3.38.